The van der Waals surface area contributed by atoms with Gasteiger partial charge in [0, 0.05) is 30.1 Å². The number of benzene rings is 2. The summed E-state index contributed by atoms with van der Waals surface area (Å²) < 4.78 is 11.0. The third kappa shape index (κ3) is 2.49. The second-order valence-corrected chi connectivity index (χ2v) is 5.25. The van der Waals surface area contributed by atoms with E-state index >= 15 is 0 Å². The second-order valence-electron chi connectivity index (χ2n) is 5.25. The van der Waals surface area contributed by atoms with Crippen molar-refractivity contribution in [2.45, 2.75) is 6.92 Å². The fraction of sp³-hybridized carbons (Fsp3) is 0.294. The number of para-hydroxylation sites is 1. The lowest BCUT2D eigenvalue weighted by atomic mass is 10.1. The van der Waals surface area contributed by atoms with E-state index in [1.165, 1.54) is 0 Å². The molecule has 0 saturated carbocycles. The van der Waals surface area contributed by atoms with Gasteiger partial charge in [-0.25, -0.2) is 0 Å². The largest absolute Gasteiger partial charge is 0.456 e. The van der Waals surface area contributed by atoms with Crippen molar-refractivity contribution in [2.24, 2.45) is 5.92 Å². The van der Waals surface area contributed by atoms with E-state index in [0.29, 0.717) is 5.92 Å². The molecule has 104 valence electrons. The van der Waals surface area contributed by atoms with Gasteiger partial charge in [-0.3, -0.25) is 0 Å². The molecular formula is C17H19NO2. The lowest BCUT2D eigenvalue weighted by Crippen LogP contribution is -2.15. The van der Waals surface area contributed by atoms with Crippen LogP contribution in [0.25, 0.3) is 21.9 Å². The predicted molar refractivity (Wildman–Crippen MR) is 83.2 cm³/mol. The number of nitrogens with one attached hydrogen (secondary N) is 1. The fourth-order valence-corrected chi connectivity index (χ4v) is 2.47. The Morgan fingerprint density at radius 3 is 2.75 bits per heavy atom. The van der Waals surface area contributed by atoms with E-state index in [0.717, 1.165) is 40.8 Å². The average molecular weight is 269 g/mol. The van der Waals surface area contributed by atoms with E-state index < -0.39 is 0 Å². The van der Waals surface area contributed by atoms with Gasteiger partial charge in [-0.1, -0.05) is 25.1 Å². The van der Waals surface area contributed by atoms with Crippen LogP contribution in [0.15, 0.2) is 46.9 Å². The maximum atomic E-state index is 5.82. The first-order valence-electron chi connectivity index (χ1n) is 6.92. The standard InChI is InChI=1S/C17H19NO2/c1-12(11-19-2)10-18-13-7-8-17-15(9-13)14-5-3-4-6-16(14)20-17/h3-9,12,18H,10-11H2,1-2H3. The van der Waals surface area contributed by atoms with Crippen molar-refractivity contribution >= 4 is 27.6 Å². The molecule has 1 atom stereocenters. The molecule has 0 amide bonds. The maximum Gasteiger partial charge on any atom is 0.135 e. The number of methoxy groups -OCH3 is 1. The number of hydrogen-bond donors (Lipinski definition) is 1. The highest BCUT2D eigenvalue weighted by molar-refractivity contribution is 6.05. The zero-order valence-corrected chi connectivity index (χ0v) is 11.8. The van der Waals surface area contributed by atoms with Crippen LogP contribution in [-0.4, -0.2) is 20.3 Å². The Hall–Kier alpha value is -2.00. The highest BCUT2D eigenvalue weighted by Gasteiger charge is 2.07. The minimum atomic E-state index is 0.483. The van der Waals surface area contributed by atoms with Crippen LogP contribution in [0.3, 0.4) is 0 Å². The highest BCUT2D eigenvalue weighted by atomic mass is 16.5. The van der Waals surface area contributed by atoms with Crippen LogP contribution in [-0.2, 0) is 4.74 Å². The van der Waals surface area contributed by atoms with Gasteiger partial charge in [-0.05, 0) is 30.2 Å². The number of fused-ring (bicyclic) bond motifs is 3. The molecule has 3 heteroatoms. The van der Waals surface area contributed by atoms with Crippen LogP contribution < -0.4 is 5.32 Å². The van der Waals surface area contributed by atoms with Gasteiger partial charge in [-0.15, -0.1) is 0 Å². The van der Waals surface area contributed by atoms with Gasteiger partial charge in [-0.2, -0.15) is 0 Å². The van der Waals surface area contributed by atoms with E-state index in [9.17, 15) is 0 Å². The van der Waals surface area contributed by atoms with Crippen LogP contribution in [0.1, 0.15) is 6.92 Å². The molecule has 0 radical (unpaired) electrons. The van der Waals surface area contributed by atoms with Crippen molar-refractivity contribution in [1.29, 1.82) is 0 Å². The predicted octanol–water partition coefficient (Wildman–Crippen LogP) is 4.28. The minimum Gasteiger partial charge on any atom is -0.456 e. The van der Waals surface area contributed by atoms with E-state index in [2.05, 4.69) is 30.4 Å². The van der Waals surface area contributed by atoms with Crippen molar-refractivity contribution in [2.75, 3.05) is 25.6 Å². The zero-order valence-electron chi connectivity index (χ0n) is 11.8. The van der Waals surface area contributed by atoms with Crippen LogP contribution in [0, 0.1) is 5.92 Å². The third-order valence-electron chi connectivity index (χ3n) is 3.48. The molecule has 1 unspecified atom stereocenters. The van der Waals surface area contributed by atoms with Gasteiger partial charge in [0.25, 0.3) is 0 Å². The van der Waals surface area contributed by atoms with Crippen molar-refractivity contribution in [3.8, 4) is 0 Å². The number of ether oxygens (including phenoxy) is 1. The molecule has 0 aliphatic heterocycles. The molecular weight excluding hydrogens is 250 g/mol. The quantitative estimate of drug-likeness (QED) is 0.750. The topological polar surface area (TPSA) is 34.4 Å². The van der Waals surface area contributed by atoms with E-state index in [1.807, 2.05) is 24.3 Å². The first kappa shape index (κ1) is 13.0. The summed E-state index contributed by atoms with van der Waals surface area (Å²) in [5.41, 5.74) is 2.99. The Labute approximate surface area is 118 Å². The molecule has 0 fully saturated rings. The fourth-order valence-electron chi connectivity index (χ4n) is 2.47. The van der Waals surface area contributed by atoms with Gasteiger partial charge in [0.1, 0.15) is 11.2 Å². The average Bonchev–Trinajstić information content (AvgIpc) is 2.83. The summed E-state index contributed by atoms with van der Waals surface area (Å²) in [6, 6.07) is 14.4. The highest BCUT2D eigenvalue weighted by Crippen LogP contribution is 2.30. The zero-order chi connectivity index (χ0) is 13.9. The SMILES string of the molecule is COCC(C)CNc1ccc2oc3ccccc3c2c1. The summed E-state index contributed by atoms with van der Waals surface area (Å²) in [5, 5.41) is 5.77. The van der Waals surface area contributed by atoms with Gasteiger partial charge in [0.05, 0.1) is 6.61 Å². The Morgan fingerprint density at radius 1 is 1.10 bits per heavy atom. The summed E-state index contributed by atoms with van der Waals surface area (Å²) in [4.78, 5) is 0. The molecule has 20 heavy (non-hydrogen) atoms. The normalized spacial score (nSPS) is 12.9. The Morgan fingerprint density at radius 2 is 1.90 bits per heavy atom. The maximum absolute atomic E-state index is 5.82. The number of furan rings is 1. The molecule has 1 aromatic heterocycles. The molecule has 0 saturated heterocycles. The third-order valence-corrected chi connectivity index (χ3v) is 3.48. The summed E-state index contributed by atoms with van der Waals surface area (Å²) in [5.74, 6) is 0.483. The molecule has 1 N–H and O–H groups in total. The van der Waals surface area contributed by atoms with Crippen molar-refractivity contribution in [3.63, 3.8) is 0 Å². The lowest BCUT2D eigenvalue weighted by Gasteiger charge is -2.12. The molecule has 0 bridgehead atoms. The van der Waals surface area contributed by atoms with Gasteiger partial charge >= 0.3 is 0 Å². The van der Waals surface area contributed by atoms with Crippen LogP contribution in [0.5, 0.6) is 0 Å². The van der Waals surface area contributed by atoms with Crippen LogP contribution >= 0.6 is 0 Å². The molecule has 1 heterocycles. The van der Waals surface area contributed by atoms with Gasteiger partial charge in [0.2, 0.25) is 0 Å². The summed E-state index contributed by atoms with van der Waals surface area (Å²) in [6.45, 7) is 3.83. The van der Waals surface area contributed by atoms with Crippen LogP contribution in [0.2, 0.25) is 0 Å². The number of anilines is 1. The molecule has 2 aromatic carbocycles. The smallest absolute Gasteiger partial charge is 0.135 e. The molecule has 0 aliphatic carbocycles. The van der Waals surface area contributed by atoms with Gasteiger partial charge < -0.3 is 14.5 Å². The van der Waals surface area contributed by atoms with Crippen molar-refractivity contribution in [3.05, 3.63) is 42.5 Å². The Kier molecular flexibility index (Phi) is 3.61. The lowest BCUT2D eigenvalue weighted by molar-refractivity contribution is 0.164. The summed E-state index contributed by atoms with van der Waals surface area (Å²) in [7, 11) is 1.74. The molecule has 0 spiro atoms. The van der Waals surface area contributed by atoms with Crippen LogP contribution in [0.4, 0.5) is 5.69 Å². The van der Waals surface area contributed by atoms with Crippen molar-refractivity contribution < 1.29 is 9.15 Å². The second kappa shape index (κ2) is 5.55. The number of rotatable bonds is 5. The first-order chi connectivity index (χ1) is 9.78. The first-order valence-corrected chi connectivity index (χ1v) is 6.92. The van der Waals surface area contributed by atoms with Gasteiger partial charge in [0.15, 0.2) is 0 Å². The van der Waals surface area contributed by atoms with Crippen molar-refractivity contribution in [1.82, 2.24) is 0 Å². The number of hydrogen-bond acceptors (Lipinski definition) is 3. The molecule has 0 aliphatic rings. The minimum absolute atomic E-state index is 0.483. The van der Waals surface area contributed by atoms with E-state index in [4.69, 9.17) is 9.15 Å². The monoisotopic (exact) mass is 269 g/mol. The summed E-state index contributed by atoms with van der Waals surface area (Å²) in [6.07, 6.45) is 0. The Bertz CT molecular complexity index is 717. The van der Waals surface area contributed by atoms with E-state index in [-0.39, 0.29) is 0 Å². The Balaban J connectivity index is 1.88. The molecule has 3 aromatic rings. The summed E-state index contributed by atoms with van der Waals surface area (Å²) >= 11 is 0. The molecule has 3 nitrogen and oxygen atoms in total. The van der Waals surface area contributed by atoms with E-state index in [1.54, 1.807) is 7.11 Å². The molecule has 3 rings (SSSR count).